The van der Waals surface area contributed by atoms with Crippen LogP contribution in [0.15, 0.2) is 48.5 Å². The molecule has 22 heavy (non-hydrogen) atoms. The zero-order valence-corrected chi connectivity index (χ0v) is 11.7. The number of benzene rings is 2. The molecule has 2 aromatic carbocycles. The summed E-state index contributed by atoms with van der Waals surface area (Å²) >= 11 is 0. The van der Waals surface area contributed by atoms with Crippen LogP contribution >= 0.6 is 0 Å². The van der Waals surface area contributed by atoms with Gasteiger partial charge >= 0.3 is 0 Å². The summed E-state index contributed by atoms with van der Waals surface area (Å²) in [5.41, 5.74) is 0. The third-order valence-corrected chi connectivity index (χ3v) is 2.69. The van der Waals surface area contributed by atoms with Gasteiger partial charge in [-0.05, 0) is 24.3 Å². The Morgan fingerprint density at radius 2 is 1.82 bits per heavy atom. The van der Waals surface area contributed by atoms with Crippen LogP contribution < -0.4 is 14.8 Å². The van der Waals surface area contributed by atoms with Crippen molar-refractivity contribution in [3.05, 3.63) is 60.2 Å². The van der Waals surface area contributed by atoms with E-state index in [1.54, 1.807) is 0 Å². The maximum atomic E-state index is 13.3. The molecule has 2 aromatic rings. The lowest BCUT2D eigenvalue weighted by atomic mass is 10.3. The minimum Gasteiger partial charge on any atom is -0.492 e. The van der Waals surface area contributed by atoms with Crippen LogP contribution in [-0.2, 0) is 4.79 Å². The van der Waals surface area contributed by atoms with E-state index in [1.165, 1.54) is 0 Å². The molecule has 0 saturated heterocycles. The molecule has 0 aromatic heterocycles. The first-order valence-corrected chi connectivity index (χ1v) is 6.67. The molecule has 4 nitrogen and oxygen atoms in total. The summed E-state index contributed by atoms with van der Waals surface area (Å²) in [4.78, 5) is 11.5. The first-order chi connectivity index (χ1) is 10.6. The summed E-state index contributed by atoms with van der Waals surface area (Å²) in [6, 6.07) is 12.1. The summed E-state index contributed by atoms with van der Waals surface area (Å²) in [5.74, 6) is -1.42. The maximum Gasteiger partial charge on any atom is 0.258 e. The molecule has 0 bridgehead atoms. The molecule has 0 saturated carbocycles. The first-order valence-electron chi connectivity index (χ1n) is 6.67. The molecule has 0 aliphatic heterocycles. The second-order valence-electron chi connectivity index (χ2n) is 4.37. The average molecular weight is 307 g/mol. The van der Waals surface area contributed by atoms with Crippen LogP contribution in [-0.4, -0.2) is 25.7 Å². The zero-order chi connectivity index (χ0) is 15.8. The fourth-order valence-corrected chi connectivity index (χ4v) is 1.66. The number of ether oxygens (including phenoxy) is 2. The second kappa shape index (κ2) is 7.97. The van der Waals surface area contributed by atoms with Crippen molar-refractivity contribution in [2.45, 2.75) is 0 Å². The zero-order valence-electron chi connectivity index (χ0n) is 11.7. The van der Waals surface area contributed by atoms with Crippen LogP contribution in [0, 0.1) is 11.6 Å². The van der Waals surface area contributed by atoms with Gasteiger partial charge in [0.1, 0.15) is 18.2 Å². The number of carbonyl (C=O) groups is 1. The standard InChI is InChI=1S/C16H15F2NO3/c17-12-6-7-15(14(18)10-12)22-11-16(20)19-8-9-21-13-4-2-1-3-5-13/h1-7,10H,8-9,11H2,(H,19,20). The summed E-state index contributed by atoms with van der Waals surface area (Å²) < 4.78 is 36.4. The molecule has 0 unspecified atom stereocenters. The molecule has 0 aliphatic rings. The van der Waals surface area contributed by atoms with Crippen molar-refractivity contribution in [1.82, 2.24) is 5.32 Å². The Kier molecular flexibility index (Phi) is 5.71. The van der Waals surface area contributed by atoms with E-state index in [4.69, 9.17) is 9.47 Å². The SMILES string of the molecule is O=C(COc1ccc(F)cc1F)NCCOc1ccccc1. The van der Waals surface area contributed by atoms with Gasteiger partial charge < -0.3 is 14.8 Å². The van der Waals surface area contributed by atoms with Crippen LogP contribution in [0.4, 0.5) is 8.78 Å². The van der Waals surface area contributed by atoms with Gasteiger partial charge in [-0.25, -0.2) is 8.78 Å². The van der Waals surface area contributed by atoms with Crippen molar-refractivity contribution >= 4 is 5.91 Å². The third-order valence-electron chi connectivity index (χ3n) is 2.69. The second-order valence-corrected chi connectivity index (χ2v) is 4.37. The summed E-state index contributed by atoms with van der Waals surface area (Å²) in [7, 11) is 0. The van der Waals surface area contributed by atoms with E-state index in [2.05, 4.69) is 5.32 Å². The summed E-state index contributed by atoms with van der Waals surface area (Å²) in [6.07, 6.45) is 0. The smallest absolute Gasteiger partial charge is 0.258 e. The maximum absolute atomic E-state index is 13.3. The van der Waals surface area contributed by atoms with Gasteiger partial charge in [-0.3, -0.25) is 4.79 Å². The molecule has 0 spiro atoms. The number of hydrogen-bond acceptors (Lipinski definition) is 3. The Balaban J connectivity index is 1.65. The normalized spacial score (nSPS) is 10.1. The topological polar surface area (TPSA) is 47.6 Å². The van der Waals surface area contributed by atoms with Crippen molar-refractivity contribution in [2.24, 2.45) is 0 Å². The van der Waals surface area contributed by atoms with Crippen LogP contribution in [0.1, 0.15) is 0 Å². The lowest BCUT2D eigenvalue weighted by Gasteiger charge is -2.09. The lowest BCUT2D eigenvalue weighted by molar-refractivity contribution is -0.123. The van der Waals surface area contributed by atoms with E-state index in [-0.39, 0.29) is 12.4 Å². The van der Waals surface area contributed by atoms with Gasteiger partial charge in [-0.15, -0.1) is 0 Å². The summed E-state index contributed by atoms with van der Waals surface area (Å²) in [5, 5.41) is 2.57. The molecule has 0 heterocycles. The minimum absolute atomic E-state index is 0.169. The molecular formula is C16H15F2NO3. The Bertz CT molecular complexity index is 620. The van der Waals surface area contributed by atoms with Crippen molar-refractivity contribution in [1.29, 1.82) is 0 Å². The Morgan fingerprint density at radius 1 is 1.05 bits per heavy atom. The summed E-state index contributed by atoms with van der Waals surface area (Å²) in [6.45, 7) is 0.248. The number of rotatable bonds is 7. The van der Waals surface area contributed by atoms with Gasteiger partial charge in [0.05, 0.1) is 6.54 Å². The predicted molar refractivity (Wildman–Crippen MR) is 76.8 cm³/mol. The molecule has 0 fully saturated rings. The molecular weight excluding hydrogens is 292 g/mol. The van der Waals surface area contributed by atoms with E-state index in [1.807, 2.05) is 30.3 Å². The lowest BCUT2D eigenvalue weighted by Crippen LogP contribution is -2.32. The monoisotopic (exact) mass is 307 g/mol. The molecule has 1 N–H and O–H groups in total. The molecule has 0 atom stereocenters. The number of carbonyl (C=O) groups excluding carboxylic acids is 1. The molecule has 0 aliphatic carbocycles. The highest BCUT2D eigenvalue weighted by Gasteiger charge is 2.07. The predicted octanol–water partition coefficient (Wildman–Crippen LogP) is 2.54. The Morgan fingerprint density at radius 3 is 2.55 bits per heavy atom. The van der Waals surface area contributed by atoms with Gasteiger partial charge in [-0.2, -0.15) is 0 Å². The molecule has 2 rings (SSSR count). The van der Waals surface area contributed by atoms with Gasteiger partial charge in [0.2, 0.25) is 0 Å². The number of hydrogen-bond donors (Lipinski definition) is 1. The van der Waals surface area contributed by atoms with Crippen LogP contribution in [0.2, 0.25) is 0 Å². The molecule has 0 radical (unpaired) electrons. The highest BCUT2D eigenvalue weighted by Crippen LogP contribution is 2.17. The Labute approximate surface area is 126 Å². The van der Waals surface area contributed by atoms with Gasteiger partial charge in [-0.1, -0.05) is 18.2 Å². The van der Waals surface area contributed by atoms with Crippen LogP contribution in [0.5, 0.6) is 11.5 Å². The van der Waals surface area contributed by atoms with Gasteiger partial charge in [0.25, 0.3) is 5.91 Å². The number of halogens is 2. The quantitative estimate of drug-likeness (QED) is 0.800. The van der Waals surface area contributed by atoms with E-state index in [0.29, 0.717) is 25.0 Å². The Hall–Kier alpha value is -2.63. The average Bonchev–Trinajstić information content (AvgIpc) is 2.52. The highest BCUT2D eigenvalue weighted by atomic mass is 19.1. The number of amides is 1. The van der Waals surface area contributed by atoms with E-state index in [0.717, 1.165) is 12.1 Å². The van der Waals surface area contributed by atoms with Crippen molar-refractivity contribution < 1.29 is 23.0 Å². The van der Waals surface area contributed by atoms with Gasteiger partial charge in [0, 0.05) is 6.07 Å². The van der Waals surface area contributed by atoms with E-state index < -0.39 is 17.5 Å². The molecule has 116 valence electrons. The molecule has 6 heteroatoms. The van der Waals surface area contributed by atoms with Crippen molar-refractivity contribution in [2.75, 3.05) is 19.8 Å². The highest BCUT2D eigenvalue weighted by molar-refractivity contribution is 5.77. The molecule has 1 amide bonds. The van der Waals surface area contributed by atoms with Gasteiger partial charge in [0.15, 0.2) is 18.2 Å². The van der Waals surface area contributed by atoms with Crippen molar-refractivity contribution in [3.63, 3.8) is 0 Å². The first kappa shape index (κ1) is 15.8. The number of nitrogens with one attached hydrogen (secondary N) is 1. The fourth-order valence-electron chi connectivity index (χ4n) is 1.66. The largest absolute Gasteiger partial charge is 0.492 e. The third kappa shape index (κ3) is 5.05. The number of para-hydroxylation sites is 1. The van der Waals surface area contributed by atoms with Crippen molar-refractivity contribution in [3.8, 4) is 11.5 Å². The fraction of sp³-hybridized carbons (Fsp3) is 0.188. The minimum atomic E-state index is -0.847. The van der Waals surface area contributed by atoms with Crippen LogP contribution in [0.3, 0.4) is 0 Å². The van der Waals surface area contributed by atoms with E-state index in [9.17, 15) is 13.6 Å². The van der Waals surface area contributed by atoms with E-state index >= 15 is 0 Å². The van der Waals surface area contributed by atoms with Crippen LogP contribution in [0.25, 0.3) is 0 Å².